The summed E-state index contributed by atoms with van der Waals surface area (Å²) < 4.78 is 0. The number of nitrogens with zero attached hydrogens (tertiary/aromatic N) is 1. The Balaban J connectivity index is 2.29. The van der Waals surface area contributed by atoms with Gasteiger partial charge in [-0.1, -0.05) is 42.5 Å². The maximum atomic E-state index is 12.8. The van der Waals surface area contributed by atoms with Crippen LogP contribution < -0.4 is 0 Å². The Morgan fingerprint density at radius 2 is 1.58 bits per heavy atom. The molecule has 0 fully saturated rings. The zero-order chi connectivity index (χ0) is 17.5. The Labute approximate surface area is 141 Å². The summed E-state index contributed by atoms with van der Waals surface area (Å²) in [6.07, 6.45) is 0.506. The van der Waals surface area contributed by atoms with Crippen molar-refractivity contribution in [2.45, 2.75) is 19.4 Å². The summed E-state index contributed by atoms with van der Waals surface area (Å²) in [6, 6.07) is 15.3. The molecule has 2 N–H and O–H groups in total. The van der Waals surface area contributed by atoms with Crippen LogP contribution in [-0.2, 0) is 6.42 Å². The van der Waals surface area contributed by atoms with Crippen LogP contribution in [0.15, 0.2) is 54.6 Å². The number of aliphatic hydroxyl groups excluding tert-OH is 1. The number of carbonyl (C=O) groups is 2. The first-order valence-electron chi connectivity index (χ1n) is 7.86. The number of hydrogen-bond acceptors (Lipinski definition) is 3. The fraction of sp³-hybridized carbons (Fsp3) is 0.263. The smallest absolute Gasteiger partial charge is 0.336 e. The molecule has 1 atom stereocenters. The normalized spacial score (nSPS) is 11.8. The average molecular weight is 327 g/mol. The first-order chi connectivity index (χ1) is 11.6. The van der Waals surface area contributed by atoms with Gasteiger partial charge in [0, 0.05) is 6.54 Å². The second kappa shape index (κ2) is 8.26. The van der Waals surface area contributed by atoms with E-state index in [1.165, 1.54) is 17.0 Å². The number of rotatable bonds is 7. The maximum Gasteiger partial charge on any atom is 0.336 e. The van der Waals surface area contributed by atoms with Gasteiger partial charge in [0.05, 0.1) is 23.8 Å². The second-order valence-electron chi connectivity index (χ2n) is 5.47. The van der Waals surface area contributed by atoms with Crippen LogP contribution in [0, 0.1) is 0 Å². The van der Waals surface area contributed by atoms with E-state index in [9.17, 15) is 19.8 Å². The van der Waals surface area contributed by atoms with Crippen LogP contribution in [0.25, 0.3) is 0 Å². The van der Waals surface area contributed by atoms with Gasteiger partial charge in [0.15, 0.2) is 0 Å². The highest BCUT2D eigenvalue weighted by Gasteiger charge is 2.26. The predicted molar refractivity (Wildman–Crippen MR) is 91.1 cm³/mol. The van der Waals surface area contributed by atoms with Crippen molar-refractivity contribution in [3.63, 3.8) is 0 Å². The molecule has 0 saturated carbocycles. The van der Waals surface area contributed by atoms with E-state index in [0.29, 0.717) is 13.0 Å². The molecule has 0 aliphatic heterocycles. The van der Waals surface area contributed by atoms with Crippen molar-refractivity contribution in [3.8, 4) is 0 Å². The Hall–Kier alpha value is -2.66. The molecule has 2 aromatic carbocycles. The molecular weight excluding hydrogens is 306 g/mol. The molecule has 0 heterocycles. The highest BCUT2D eigenvalue weighted by Crippen LogP contribution is 2.16. The van der Waals surface area contributed by atoms with Crippen LogP contribution in [0.2, 0.25) is 0 Å². The van der Waals surface area contributed by atoms with Crippen molar-refractivity contribution in [1.29, 1.82) is 0 Å². The highest BCUT2D eigenvalue weighted by molar-refractivity contribution is 6.04. The standard InChI is InChI=1S/C19H21NO4/c1-2-20(15(13-21)12-14-8-4-3-5-9-14)18(22)16-10-6-7-11-17(16)19(23)24/h3-11,15,21H,2,12-13H2,1H3,(H,23,24). The van der Waals surface area contributed by atoms with E-state index >= 15 is 0 Å². The number of aliphatic hydroxyl groups is 1. The summed E-state index contributed by atoms with van der Waals surface area (Å²) in [7, 11) is 0. The summed E-state index contributed by atoms with van der Waals surface area (Å²) in [6.45, 7) is 2.00. The number of carboxylic acids is 1. The molecular formula is C19H21NO4. The minimum atomic E-state index is -1.14. The minimum absolute atomic E-state index is 0.0302. The molecule has 2 aromatic rings. The van der Waals surface area contributed by atoms with E-state index in [1.54, 1.807) is 12.1 Å². The molecule has 1 amide bonds. The molecule has 0 aliphatic rings. The summed E-state index contributed by atoms with van der Waals surface area (Å²) >= 11 is 0. The van der Waals surface area contributed by atoms with Crippen molar-refractivity contribution >= 4 is 11.9 Å². The van der Waals surface area contributed by atoms with Crippen LogP contribution in [0.1, 0.15) is 33.2 Å². The molecule has 0 radical (unpaired) electrons. The Bertz CT molecular complexity index is 700. The number of benzene rings is 2. The van der Waals surface area contributed by atoms with Gasteiger partial charge in [0.1, 0.15) is 0 Å². The maximum absolute atomic E-state index is 12.8. The lowest BCUT2D eigenvalue weighted by Gasteiger charge is -2.30. The monoisotopic (exact) mass is 327 g/mol. The van der Waals surface area contributed by atoms with Gasteiger partial charge in [-0.3, -0.25) is 4.79 Å². The lowest BCUT2D eigenvalue weighted by molar-refractivity contribution is 0.0591. The number of carbonyl (C=O) groups excluding carboxylic acids is 1. The summed E-state index contributed by atoms with van der Waals surface area (Å²) in [4.78, 5) is 25.7. The van der Waals surface area contributed by atoms with E-state index in [4.69, 9.17) is 0 Å². The van der Waals surface area contributed by atoms with Gasteiger partial charge in [0.2, 0.25) is 0 Å². The largest absolute Gasteiger partial charge is 0.478 e. The van der Waals surface area contributed by atoms with Gasteiger partial charge in [-0.25, -0.2) is 4.79 Å². The molecule has 1 unspecified atom stereocenters. The number of likely N-dealkylation sites (N-methyl/N-ethyl adjacent to an activating group) is 1. The van der Waals surface area contributed by atoms with Crippen molar-refractivity contribution in [2.75, 3.05) is 13.2 Å². The third-order valence-corrected chi connectivity index (χ3v) is 3.96. The van der Waals surface area contributed by atoms with Gasteiger partial charge >= 0.3 is 5.97 Å². The third kappa shape index (κ3) is 4.00. The number of hydrogen-bond donors (Lipinski definition) is 2. The Kier molecular flexibility index (Phi) is 6.09. The topological polar surface area (TPSA) is 77.8 Å². The van der Waals surface area contributed by atoms with Crippen LogP contribution in [0.5, 0.6) is 0 Å². The SMILES string of the molecule is CCN(C(=O)c1ccccc1C(=O)O)C(CO)Cc1ccccc1. The summed E-state index contributed by atoms with van der Waals surface area (Å²) in [5.74, 6) is -1.52. The van der Waals surface area contributed by atoms with Crippen molar-refractivity contribution in [1.82, 2.24) is 4.90 Å². The highest BCUT2D eigenvalue weighted by atomic mass is 16.4. The summed E-state index contributed by atoms with van der Waals surface area (Å²) in [5, 5.41) is 19.0. The van der Waals surface area contributed by atoms with Crippen LogP contribution >= 0.6 is 0 Å². The van der Waals surface area contributed by atoms with Crippen LogP contribution in [-0.4, -0.2) is 46.2 Å². The molecule has 0 spiro atoms. The molecule has 126 valence electrons. The predicted octanol–water partition coefficient (Wildman–Crippen LogP) is 2.45. The van der Waals surface area contributed by atoms with E-state index < -0.39 is 12.0 Å². The lowest BCUT2D eigenvalue weighted by atomic mass is 10.0. The average Bonchev–Trinajstić information content (AvgIpc) is 2.62. The zero-order valence-corrected chi connectivity index (χ0v) is 13.6. The first kappa shape index (κ1) is 17.7. The van der Waals surface area contributed by atoms with Crippen molar-refractivity contribution < 1.29 is 19.8 Å². The molecule has 24 heavy (non-hydrogen) atoms. The van der Waals surface area contributed by atoms with Gasteiger partial charge in [-0.15, -0.1) is 0 Å². The third-order valence-electron chi connectivity index (χ3n) is 3.96. The number of amides is 1. The van der Waals surface area contributed by atoms with Gasteiger partial charge in [0.25, 0.3) is 5.91 Å². The second-order valence-corrected chi connectivity index (χ2v) is 5.47. The minimum Gasteiger partial charge on any atom is -0.478 e. The van der Waals surface area contributed by atoms with Gasteiger partial charge < -0.3 is 15.1 Å². The molecule has 0 bridgehead atoms. The van der Waals surface area contributed by atoms with Crippen molar-refractivity contribution in [3.05, 3.63) is 71.3 Å². The molecule has 5 heteroatoms. The Morgan fingerprint density at radius 3 is 2.12 bits per heavy atom. The lowest BCUT2D eigenvalue weighted by Crippen LogP contribution is -2.44. The van der Waals surface area contributed by atoms with E-state index in [1.807, 2.05) is 37.3 Å². The summed E-state index contributed by atoms with van der Waals surface area (Å²) in [5.41, 5.74) is 1.12. The Morgan fingerprint density at radius 1 is 1.00 bits per heavy atom. The number of carboxylic acid groups (broad SMARTS) is 1. The van der Waals surface area contributed by atoms with E-state index in [2.05, 4.69) is 0 Å². The fourth-order valence-electron chi connectivity index (χ4n) is 2.74. The van der Waals surface area contributed by atoms with Crippen LogP contribution in [0.4, 0.5) is 0 Å². The van der Waals surface area contributed by atoms with E-state index in [-0.39, 0.29) is 23.6 Å². The zero-order valence-electron chi connectivity index (χ0n) is 13.6. The fourth-order valence-corrected chi connectivity index (χ4v) is 2.74. The van der Waals surface area contributed by atoms with Gasteiger partial charge in [-0.2, -0.15) is 0 Å². The van der Waals surface area contributed by atoms with Crippen molar-refractivity contribution in [2.24, 2.45) is 0 Å². The molecule has 0 aliphatic carbocycles. The first-order valence-corrected chi connectivity index (χ1v) is 7.86. The van der Waals surface area contributed by atoms with Gasteiger partial charge in [-0.05, 0) is 31.0 Å². The van der Waals surface area contributed by atoms with E-state index in [0.717, 1.165) is 5.56 Å². The molecule has 0 saturated heterocycles. The molecule has 5 nitrogen and oxygen atoms in total. The quantitative estimate of drug-likeness (QED) is 0.819. The van der Waals surface area contributed by atoms with Crippen LogP contribution in [0.3, 0.4) is 0 Å². The number of aromatic carboxylic acids is 1. The molecule has 2 rings (SSSR count). The molecule has 0 aromatic heterocycles.